The largest absolute Gasteiger partial charge is 0.416 e. The van der Waals surface area contributed by atoms with Crippen LogP contribution in [0.2, 0.25) is 0 Å². The number of halogens is 3. The van der Waals surface area contributed by atoms with Crippen LogP contribution >= 0.6 is 0 Å². The maximum absolute atomic E-state index is 12.8. The Bertz CT molecular complexity index is 1220. The van der Waals surface area contributed by atoms with E-state index in [-0.39, 0.29) is 5.69 Å². The summed E-state index contributed by atoms with van der Waals surface area (Å²) in [5, 5.41) is 4.99. The third-order valence-corrected chi connectivity index (χ3v) is 4.46. The number of amides is 2. The molecule has 2 aromatic carbocycles. The first-order valence-electron chi connectivity index (χ1n) is 8.89. The molecule has 4 aromatic rings. The summed E-state index contributed by atoms with van der Waals surface area (Å²) < 4.78 is 40.2. The highest BCUT2D eigenvalue weighted by atomic mass is 19.4. The molecule has 152 valence electrons. The number of pyridine rings is 1. The summed E-state index contributed by atoms with van der Waals surface area (Å²) in [7, 11) is 0. The van der Waals surface area contributed by atoms with E-state index in [0.717, 1.165) is 28.9 Å². The normalized spacial score (nSPS) is 11.4. The molecular weight excluding hydrogens is 395 g/mol. The number of nitrogens with two attached hydrogens (primary N) is 1. The highest BCUT2D eigenvalue weighted by molar-refractivity contribution is 5.99. The maximum atomic E-state index is 12.8. The van der Waals surface area contributed by atoms with E-state index in [0.29, 0.717) is 11.6 Å². The molecule has 0 bridgehead atoms. The number of fused-ring (bicyclic) bond motifs is 1. The second-order valence-corrected chi connectivity index (χ2v) is 6.52. The Hall–Kier alpha value is -4.01. The summed E-state index contributed by atoms with van der Waals surface area (Å²) in [5.74, 6) is 0.364. The lowest BCUT2D eigenvalue weighted by Crippen LogP contribution is -2.19. The number of carbonyl (C=O) groups excluding carboxylic acids is 1. The van der Waals surface area contributed by atoms with Gasteiger partial charge in [-0.05, 0) is 48.0 Å². The maximum Gasteiger partial charge on any atom is 0.416 e. The number of hydrogen-bond acceptors (Lipinski definition) is 3. The standard InChI is InChI=1S/C21H16F3N5O/c22-21(23,24)14-3-1-4-16(11-14)28-20(30)27-15-9-7-13(8-10-15)18-6-2-5-17-12-26-19(25)29(17)18/h1-12H,(H2,25,26)(H2,27,28,30). The monoisotopic (exact) mass is 411 g/mol. The summed E-state index contributed by atoms with van der Waals surface area (Å²) in [4.78, 5) is 16.3. The van der Waals surface area contributed by atoms with Gasteiger partial charge in [-0.25, -0.2) is 9.78 Å². The van der Waals surface area contributed by atoms with Crippen LogP contribution in [0.25, 0.3) is 16.8 Å². The molecule has 6 nitrogen and oxygen atoms in total. The summed E-state index contributed by atoms with van der Waals surface area (Å²) in [6.45, 7) is 0. The van der Waals surface area contributed by atoms with Gasteiger partial charge >= 0.3 is 12.2 Å². The van der Waals surface area contributed by atoms with Gasteiger partial charge < -0.3 is 16.4 Å². The highest BCUT2D eigenvalue weighted by Crippen LogP contribution is 2.30. The second-order valence-electron chi connectivity index (χ2n) is 6.52. The zero-order valence-electron chi connectivity index (χ0n) is 15.4. The minimum Gasteiger partial charge on any atom is -0.369 e. The number of nitrogens with zero attached hydrogens (tertiary/aromatic N) is 2. The van der Waals surface area contributed by atoms with Crippen LogP contribution in [0.3, 0.4) is 0 Å². The lowest BCUT2D eigenvalue weighted by atomic mass is 10.1. The van der Waals surface area contributed by atoms with Crippen LogP contribution in [-0.4, -0.2) is 15.4 Å². The van der Waals surface area contributed by atoms with E-state index in [9.17, 15) is 18.0 Å². The molecular formula is C21H16F3N5O. The molecule has 0 unspecified atom stereocenters. The molecule has 2 amide bonds. The van der Waals surface area contributed by atoms with Gasteiger partial charge in [0.2, 0.25) is 5.95 Å². The van der Waals surface area contributed by atoms with Crippen LogP contribution < -0.4 is 16.4 Å². The number of rotatable bonds is 3. The van der Waals surface area contributed by atoms with Gasteiger partial charge in [0, 0.05) is 11.4 Å². The topological polar surface area (TPSA) is 84.4 Å². The molecule has 0 aliphatic carbocycles. The van der Waals surface area contributed by atoms with Gasteiger partial charge in [-0.3, -0.25) is 4.40 Å². The van der Waals surface area contributed by atoms with Crippen LogP contribution in [0.15, 0.2) is 72.9 Å². The molecule has 0 fully saturated rings. The Morgan fingerprint density at radius 1 is 0.933 bits per heavy atom. The Morgan fingerprint density at radius 3 is 2.37 bits per heavy atom. The van der Waals surface area contributed by atoms with E-state index in [4.69, 9.17) is 5.73 Å². The molecule has 0 atom stereocenters. The first kappa shape index (κ1) is 19.3. The van der Waals surface area contributed by atoms with Gasteiger partial charge in [-0.1, -0.05) is 24.3 Å². The molecule has 0 aliphatic rings. The quantitative estimate of drug-likeness (QED) is 0.431. The summed E-state index contributed by atoms with van der Waals surface area (Å²) in [6, 6.07) is 16.4. The predicted molar refractivity (Wildman–Crippen MR) is 109 cm³/mol. The number of carbonyl (C=O) groups is 1. The number of benzene rings is 2. The first-order valence-corrected chi connectivity index (χ1v) is 8.89. The average molecular weight is 411 g/mol. The lowest BCUT2D eigenvalue weighted by Gasteiger charge is -2.11. The van der Waals surface area contributed by atoms with Crippen molar-refractivity contribution in [1.82, 2.24) is 9.38 Å². The van der Waals surface area contributed by atoms with Gasteiger partial charge in [0.25, 0.3) is 0 Å². The lowest BCUT2D eigenvalue weighted by molar-refractivity contribution is -0.137. The van der Waals surface area contributed by atoms with Gasteiger partial charge in [0.1, 0.15) is 0 Å². The fourth-order valence-corrected chi connectivity index (χ4v) is 3.09. The van der Waals surface area contributed by atoms with E-state index < -0.39 is 17.8 Å². The SMILES string of the molecule is Nc1ncc2cccc(-c3ccc(NC(=O)Nc4cccc(C(F)(F)F)c4)cc3)n12. The molecule has 0 saturated heterocycles. The Balaban J connectivity index is 1.49. The van der Waals surface area contributed by atoms with Crippen molar-refractivity contribution in [2.24, 2.45) is 0 Å². The number of nitrogens with one attached hydrogen (secondary N) is 2. The number of imidazole rings is 1. The molecule has 0 saturated carbocycles. The average Bonchev–Trinajstić information content (AvgIpc) is 3.09. The fourth-order valence-electron chi connectivity index (χ4n) is 3.09. The first-order chi connectivity index (χ1) is 14.3. The molecule has 9 heteroatoms. The van der Waals surface area contributed by atoms with Gasteiger partial charge in [0.05, 0.1) is 23.0 Å². The molecule has 0 aliphatic heterocycles. The van der Waals surface area contributed by atoms with E-state index >= 15 is 0 Å². The molecule has 0 radical (unpaired) electrons. The number of urea groups is 1. The number of nitrogen functional groups attached to an aromatic ring is 1. The minimum absolute atomic E-state index is 0.0428. The Kier molecular flexibility index (Phi) is 4.78. The molecule has 30 heavy (non-hydrogen) atoms. The number of anilines is 3. The van der Waals surface area contributed by atoms with E-state index in [1.54, 1.807) is 30.5 Å². The predicted octanol–water partition coefficient (Wildman–Crippen LogP) is 5.25. The molecule has 4 rings (SSSR count). The van der Waals surface area contributed by atoms with Gasteiger partial charge in [-0.2, -0.15) is 13.2 Å². The molecule has 0 spiro atoms. The van der Waals surface area contributed by atoms with Crippen molar-refractivity contribution in [2.75, 3.05) is 16.4 Å². The van der Waals surface area contributed by atoms with Crippen molar-refractivity contribution in [1.29, 1.82) is 0 Å². The van der Waals surface area contributed by atoms with Crippen LogP contribution in [-0.2, 0) is 6.18 Å². The second kappa shape index (κ2) is 7.43. The van der Waals surface area contributed by atoms with Crippen molar-refractivity contribution < 1.29 is 18.0 Å². The third kappa shape index (κ3) is 3.90. The fraction of sp³-hybridized carbons (Fsp3) is 0.0476. The summed E-state index contributed by atoms with van der Waals surface area (Å²) >= 11 is 0. The zero-order valence-corrected chi connectivity index (χ0v) is 15.4. The Morgan fingerprint density at radius 2 is 1.63 bits per heavy atom. The van der Waals surface area contributed by atoms with Crippen LogP contribution in [0.1, 0.15) is 5.56 Å². The number of alkyl halides is 3. The van der Waals surface area contributed by atoms with Crippen molar-refractivity contribution in [2.45, 2.75) is 6.18 Å². The number of aromatic nitrogens is 2. The molecule has 2 aromatic heterocycles. The van der Waals surface area contributed by atoms with Gasteiger partial charge in [0.15, 0.2) is 0 Å². The van der Waals surface area contributed by atoms with Crippen LogP contribution in [0.5, 0.6) is 0 Å². The smallest absolute Gasteiger partial charge is 0.369 e. The van der Waals surface area contributed by atoms with E-state index in [2.05, 4.69) is 15.6 Å². The molecule has 2 heterocycles. The summed E-state index contributed by atoms with van der Waals surface area (Å²) in [5.41, 5.74) is 8.17. The number of hydrogen-bond donors (Lipinski definition) is 3. The minimum atomic E-state index is -4.48. The van der Waals surface area contributed by atoms with Crippen LogP contribution in [0, 0.1) is 0 Å². The van der Waals surface area contributed by atoms with Gasteiger partial charge in [-0.15, -0.1) is 0 Å². The molecule has 4 N–H and O–H groups in total. The van der Waals surface area contributed by atoms with Crippen molar-refractivity contribution in [3.63, 3.8) is 0 Å². The highest BCUT2D eigenvalue weighted by Gasteiger charge is 2.30. The van der Waals surface area contributed by atoms with E-state index in [1.807, 2.05) is 22.6 Å². The zero-order chi connectivity index (χ0) is 21.3. The van der Waals surface area contributed by atoms with Crippen molar-refractivity contribution >= 4 is 28.9 Å². The Labute approximate surface area is 169 Å². The van der Waals surface area contributed by atoms with Crippen molar-refractivity contribution in [3.8, 4) is 11.3 Å². The van der Waals surface area contributed by atoms with Crippen LogP contribution in [0.4, 0.5) is 35.3 Å². The van der Waals surface area contributed by atoms with Crippen molar-refractivity contribution in [3.05, 3.63) is 78.5 Å². The van der Waals surface area contributed by atoms with E-state index in [1.165, 1.54) is 12.1 Å². The third-order valence-electron chi connectivity index (χ3n) is 4.46. The summed E-state index contributed by atoms with van der Waals surface area (Å²) in [6.07, 6.45) is -2.81.